The molecule has 25 heavy (non-hydrogen) atoms. The number of hydrogen-bond donors (Lipinski definition) is 2. The Morgan fingerprint density at radius 2 is 1.88 bits per heavy atom. The number of alkyl halides is 3. The second-order valence-corrected chi connectivity index (χ2v) is 5.80. The molecular weight excluding hydrogens is 329 g/mol. The first-order valence-corrected chi connectivity index (χ1v) is 7.76. The molecule has 1 saturated carbocycles. The van der Waals surface area contributed by atoms with Crippen molar-refractivity contribution in [2.45, 2.75) is 19.0 Å². The summed E-state index contributed by atoms with van der Waals surface area (Å²) in [7, 11) is 0. The van der Waals surface area contributed by atoms with Crippen LogP contribution < -0.4 is 5.32 Å². The Morgan fingerprint density at radius 3 is 2.48 bits per heavy atom. The summed E-state index contributed by atoms with van der Waals surface area (Å²) < 4.78 is 40.7. The van der Waals surface area contributed by atoms with E-state index in [0.29, 0.717) is 18.0 Å². The van der Waals surface area contributed by atoms with Crippen molar-refractivity contribution in [3.63, 3.8) is 0 Å². The monoisotopic (exact) mass is 344 g/mol. The maximum Gasteiger partial charge on any atom is 0.419 e. The van der Waals surface area contributed by atoms with Crippen LogP contribution in [-0.4, -0.2) is 11.5 Å². The van der Waals surface area contributed by atoms with Crippen LogP contribution in [0, 0.1) is 23.3 Å². The smallest absolute Gasteiger partial charge is 0.383 e. The van der Waals surface area contributed by atoms with Gasteiger partial charge in [0, 0.05) is 30.1 Å². The number of pyridine rings is 1. The highest BCUT2D eigenvalue weighted by atomic mass is 19.4. The van der Waals surface area contributed by atoms with Gasteiger partial charge >= 0.3 is 6.18 Å². The van der Waals surface area contributed by atoms with Crippen molar-refractivity contribution in [3.05, 3.63) is 53.3 Å². The van der Waals surface area contributed by atoms with E-state index in [1.54, 1.807) is 12.1 Å². The Balaban J connectivity index is 2.02. The Hall–Kier alpha value is -2.88. The van der Waals surface area contributed by atoms with Gasteiger partial charge in [-0.05, 0) is 43.0 Å². The SMILES string of the molecule is N=Nc1c(NCC2CC2)ccc(C#Cc2ccncc2)c1C(F)(F)F. The Labute approximate surface area is 143 Å². The largest absolute Gasteiger partial charge is 0.419 e. The van der Waals surface area contributed by atoms with Crippen molar-refractivity contribution >= 4 is 11.4 Å². The molecule has 3 rings (SSSR count). The Kier molecular flexibility index (Phi) is 4.70. The summed E-state index contributed by atoms with van der Waals surface area (Å²) in [6.07, 6.45) is 0.525. The predicted octanol–water partition coefficient (Wildman–Crippen LogP) is 4.98. The van der Waals surface area contributed by atoms with Crippen molar-refractivity contribution in [3.8, 4) is 11.8 Å². The molecule has 1 heterocycles. The van der Waals surface area contributed by atoms with Crippen LogP contribution in [0.15, 0.2) is 41.8 Å². The van der Waals surface area contributed by atoms with E-state index in [-0.39, 0.29) is 11.3 Å². The van der Waals surface area contributed by atoms with Gasteiger partial charge in [0.1, 0.15) is 11.3 Å². The molecule has 0 radical (unpaired) electrons. The van der Waals surface area contributed by atoms with E-state index >= 15 is 0 Å². The lowest BCUT2D eigenvalue weighted by atomic mass is 10.0. The molecule has 128 valence electrons. The van der Waals surface area contributed by atoms with E-state index in [2.05, 4.69) is 27.3 Å². The van der Waals surface area contributed by atoms with Crippen molar-refractivity contribution in [1.29, 1.82) is 5.53 Å². The first-order chi connectivity index (χ1) is 12.0. The first-order valence-electron chi connectivity index (χ1n) is 7.76. The van der Waals surface area contributed by atoms with Gasteiger partial charge in [0.15, 0.2) is 0 Å². The number of aromatic nitrogens is 1. The van der Waals surface area contributed by atoms with Gasteiger partial charge in [0.25, 0.3) is 0 Å². The Bertz CT molecular complexity index is 831. The third-order valence-corrected chi connectivity index (χ3v) is 3.87. The highest BCUT2D eigenvalue weighted by Crippen LogP contribution is 2.43. The van der Waals surface area contributed by atoms with E-state index in [4.69, 9.17) is 5.53 Å². The van der Waals surface area contributed by atoms with Gasteiger partial charge in [-0.2, -0.15) is 18.3 Å². The summed E-state index contributed by atoms with van der Waals surface area (Å²) in [5.41, 5.74) is 6.39. The molecule has 1 aliphatic carbocycles. The van der Waals surface area contributed by atoms with Gasteiger partial charge in [0.2, 0.25) is 0 Å². The van der Waals surface area contributed by atoms with Gasteiger partial charge in [-0.15, -0.1) is 0 Å². The standard InChI is InChI=1S/C18H15F3N4/c19-18(20,21)16-14(4-3-12-7-9-23-10-8-12)5-6-15(17(16)25-22)24-11-13-1-2-13/h5-10,13,22,24H,1-2,11H2. The molecule has 2 N–H and O–H groups in total. The normalized spacial score (nSPS) is 13.7. The average molecular weight is 344 g/mol. The summed E-state index contributed by atoms with van der Waals surface area (Å²) in [6.45, 7) is 0.585. The molecule has 1 aromatic carbocycles. The average Bonchev–Trinajstić information content (AvgIpc) is 3.42. The molecule has 0 saturated heterocycles. The third kappa shape index (κ3) is 4.15. The van der Waals surface area contributed by atoms with Crippen LogP contribution in [0.3, 0.4) is 0 Å². The molecule has 0 unspecified atom stereocenters. The zero-order valence-electron chi connectivity index (χ0n) is 13.2. The third-order valence-electron chi connectivity index (χ3n) is 3.87. The van der Waals surface area contributed by atoms with Crippen molar-refractivity contribution < 1.29 is 13.2 Å². The number of hydrogen-bond acceptors (Lipinski definition) is 4. The lowest BCUT2D eigenvalue weighted by Gasteiger charge is -2.16. The van der Waals surface area contributed by atoms with Crippen LogP contribution >= 0.6 is 0 Å². The van der Waals surface area contributed by atoms with E-state index in [1.165, 1.54) is 24.5 Å². The number of anilines is 1. The molecule has 0 spiro atoms. The van der Waals surface area contributed by atoms with Crippen LogP contribution in [0.5, 0.6) is 0 Å². The van der Waals surface area contributed by atoms with Crippen LogP contribution in [0.25, 0.3) is 0 Å². The molecule has 0 atom stereocenters. The van der Waals surface area contributed by atoms with Crippen molar-refractivity contribution in [2.75, 3.05) is 11.9 Å². The van der Waals surface area contributed by atoms with E-state index in [0.717, 1.165) is 12.8 Å². The van der Waals surface area contributed by atoms with Gasteiger partial charge in [-0.25, -0.2) is 5.53 Å². The molecule has 2 aromatic rings. The lowest BCUT2D eigenvalue weighted by Crippen LogP contribution is -2.11. The minimum Gasteiger partial charge on any atom is -0.383 e. The maximum absolute atomic E-state index is 13.6. The molecule has 0 amide bonds. The second-order valence-electron chi connectivity index (χ2n) is 5.80. The predicted molar refractivity (Wildman–Crippen MR) is 87.7 cm³/mol. The van der Waals surface area contributed by atoms with Crippen LogP contribution in [0.4, 0.5) is 24.5 Å². The van der Waals surface area contributed by atoms with Crippen LogP contribution in [0.2, 0.25) is 0 Å². The molecular formula is C18H15F3N4. The minimum atomic E-state index is -4.65. The van der Waals surface area contributed by atoms with Crippen molar-refractivity contribution in [1.82, 2.24) is 4.98 Å². The number of nitrogens with zero attached hydrogens (tertiary/aromatic N) is 2. The molecule has 7 heteroatoms. The highest BCUT2D eigenvalue weighted by molar-refractivity contribution is 5.73. The van der Waals surface area contributed by atoms with Gasteiger partial charge in [-0.3, -0.25) is 4.98 Å². The second kappa shape index (κ2) is 6.93. The number of benzene rings is 1. The maximum atomic E-state index is 13.6. The van der Waals surface area contributed by atoms with E-state index in [9.17, 15) is 13.2 Å². The minimum absolute atomic E-state index is 0.202. The summed E-state index contributed by atoms with van der Waals surface area (Å²) >= 11 is 0. The molecule has 0 aliphatic heterocycles. The molecule has 1 fully saturated rings. The summed E-state index contributed by atoms with van der Waals surface area (Å²) in [5.74, 6) is 5.72. The van der Waals surface area contributed by atoms with E-state index < -0.39 is 17.4 Å². The number of halogens is 3. The summed E-state index contributed by atoms with van der Waals surface area (Å²) in [5, 5.41) is 6.11. The van der Waals surface area contributed by atoms with E-state index in [1.807, 2.05) is 0 Å². The van der Waals surface area contributed by atoms with Crippen LogP contribution in [0.1, 0.15) is 29.5 Å². The van der Waals surface area contributed by atoms with Gasteiger partial charge < -0.3 is 5.32 Å². The lowest BCUT2D eigenvalue weighted by molar-refractivity contribution is -0.137. The fourth-order valence-corrected chi connectivity index (χ4v) is 2.39. The molecule has 4 nitrogen and oxygen atoms in total. The summed E-state index contributed by atoms with van der Waals surface area (Å²) in [6, 6.07) is 6.05. The summed E-state index contributed by atoms with van der Waals surface area (Å²) in [4.78, 5) is 3.84. The van der Waals surface area contributed by atoms with Crippen molar-refractivity contribution in [2.24, 2.45) is 11.0 Å². The highest BCUT2D eigenvalue weighted by Gasteiger charge is 2.37. The Morgan fingerprint density at radius 1 is 1.16 bits per heavy atom. The fraction of sp³-hybridized carbons (Fsp3) is 0.278. The molecule has 1 aliphatic rings. The zero-order valence-corrected chi connectivity index (χ0v) is 13.2. The number of rotatable bonds is 4. The number of nitrogens with one attached hydrogen (secondary N) is 2. The molecule has 0 bridgehead atoms. The van der Waals surface area contributed by atoms with Gasteiger partial charge in [0.05, 0.1) is 5.69 Å². The first kappa shape index (κ1) is 17.0. The van der Waals surface area contributed by atoms with Crippen LogP contribution in [-0.2, 0) is 6.18 Å². The fourth-order valence-electron chi connectivity index (χ4n) is 2.39. The quantitative estimate of drug-likeness (QED) is 0.607. The molecule has 1 aromatic heterocycles. The zero-order chi connectivity index (χ0) is 17.9. The topological polar surface area (TPSA) is 61.1 Å². The van der Waals surface area contributed by atoms with Gasteiger partial charge in [-0.1, -0.05) is 11.8 Å².